The predicted molar refractivity (Wildman–Crippen MR) is 86.0 cm³/mol. The summed E-state index contributed by atoms with van der Waals surface area (Å²) in [5.41, 5.74) is 0. The molecule has 0 aliphatic carbocycles. The van der Waals surface area contributed by atoms with Crippen LogP contribution < -0.4 is 10.1 Å². The summed E-state index contributed by atoms with van der Waals surface area (Å²) in [7, 11) is 0. The topological polar surface area (TPSA) is 41.5 Å². The van der Waals surface area contributed by atoms with Gasteiger partial charge >= 0.3 is 0 Å². The summed E-state index contributed by atoms with van der Waals surface area (Å²) in [6.45, 7) is 5.39. The minimum atomic E-state index is -0.493. The molecular formula is C14H20BrNO2S. The SMILES string of the molecule is C=CCSCCNCC(O)COc1ccc(Br)cc1. The van der Waals surface area contributed by atoms with Crippen LogP contribution in [-0.2, 0) is 0 Å². The summed E-state index contributed by atoms with van der Waals surface area (Å²) in [4.78, 5) is 0. The standard InChI is InChI=1S/C14H20BrNO2S/c1-2-8-19-9-7-16-10-13(17)11-18-14-5-3-12(15)4-6-14/h2-6,13,16-17H,1,7-11H2. The first-order valence-corrected chi connectivity index (χ1v) is 8.13. The van der Waals surface area contributed by atoms with E-state index in [9.17, 15) is 5.11 Å². The zero-order chi connectivity index (χ0) is 13.9. The Bertz CT molecular complexity index is 359. The van der Waals surface area contributed by atoms with Gasteiger partial charge in [0.05, 0.1) is 0 Å². The molecule has 106 valence electrons. The Morgan fingerprint density at radius 3 is 2.84 bits per heavy atom. The Morgan fingerprint density at radius 2 is 2.16 bits per heavy atom. The molecule has 0 fully saturated rings. The second kappa shape index (κ2) is 10.3. The number of thioether (sulfide) groups is 1. The second-order valence-corrected chi connectivity index (χ2v) is 6.05. The monoisotopic (exact) mass is 345 g/mol. The van der Waals surface area contributed by atoms with Crippen LogP contribution in [0.25, 0.3) is 0 Å². The van der Waals surface area contributed by atoms with Crippen LogP contribution in [0.15, 0.2) is 41.4 Å². The van der Waals surface area contributed by atoms with Gasteiger partial charge in [-0.2, -0.15) is 11.8 Å². The average molecular weight is 346 g/mol. The van der Waals surface area contributed by atoms with Gasteiger partial charge in [0.25, 0.3) is 0 Å². The number of aliphatic hydroxyl groups excluding tert-OH is 1. The normalized spacial score (nSPS) is 12.1. The lowest BCUT2D eigenvalue weighted by molar-refractivity contribution is 0.107. The molecule has 1 unspecified atom stereocenters. The summed E-state index contributed by atoms with van der Waals surface area (Å²) in [5.74, 6) is 2.76. The maximum Gasteiger partial charge on any atom is 0.119 e. The lowest BCUT2D eigenvalue weighted by Gasteiger charge is -2.13. The number of aliphatic hydroxyl groups is 1. The summed E-state index contributed by atoms with van der Waals surface area (Å²) < 4.78 is 6.50. The van der Waals surface area contributed by atoms with Gasteiger partial charge in [-0.15, -0.1) is 6.58 Å². The molecule has 0 bridgehead atoms. The molecule has 0 spiro atoms. The van der Waals surface area contributed by atoms with E-state index in [1.54, 1.807) is 0 Å². The highest BCUT2D eigenvalue weighted by Crippen LogP contribution is 2.16. The molecule has 2 N–H and O–H groups in total. The Labute approximate surface area is 127 Å². The number of ether oxygens (including phenoxy) is 1. The molecule has 0 radical (unpaired) electrons. The van der Waals surface area contributed by atoms with E-state index in [-0.39, 0.29) is 0 Å². The van der Waals surface area contributed by atoms with Crippen LogP contribution in [0.2, 0.25) is 0 Å². The Hall–Kier alpha value is -0.490. The van der Waals surface area contributed by atoms with Crippen LogP contribution in [-0.4, -0.2) is 42.4 Å². The van der Waals surface area contributed by atoms with Crippen LogP contribution in [0.1, 0.15) is 0 Å². The molecule has 0 aliphatic rings. The fourth-order valence-electron chi connectivity index (χ4n) is 1.36. The van der Waals surface area contributed by atoms with Crippen molar-refractivity contribution >= 4 is 27.7 Å². The molecule has 0 heterocycles. The third-order valence-corrected chi connectivity index (χ3v) is 3.79. The summed E-state index contributed by atoms with van der Waals surface area (Å²) in [6.07, 6.45) is 1.40. The summed E-state index contributed by atoms with van der Waals surface area (Å²) in [6, 6.07) is 7.57. The number of halogens is 1. The molecule has 0 aromatic heterocycles. The molecule has 0 saturated carbocycles. The van der Waals surface area contributed by atoms with Crippen molar-refractivity contribution in [1.82, 2.24) is 5.32 Å². The van der Waals surface area contributed by atoms with Crippen molar-refractivity contribution in [1.29, 1.82) is 0 Å². The fraction of sp³-hybridized carbons (Fsp3) is 0.429. The van der Waals surface area contributed by atoms with Crippen molar-refractivity contribution in [2.45, 2.75) is 6.10 Å². The minimum Gasteiger partial charge on any atom is -0.491 e. The number of rotatable bonds is 10. The van der Waals surface area contributed by atoms with Crippen molar-refractivity contribution in [2.24, 2.45) is 0 Å². The Morgan fingerprint density at radius 1 is 1.42 bits per heavy atom. The molecule has 1 rings (SSSR count). The number of nitrogens with one attached hydrogen (secondary N) is 1. The third-order valence-electron chi connectivity index (χ3n) is 2.29. The van der Waals surface area contributed by atoms with Crippen molar-refractivity contribution in [3.05, 3.63) is 41.4 Å². The zero-order valence-electron chi connectivity index (χ0n) is 10.8. The minimum absolute atomic E-state index is 0.300. The van der Waals surface area contributed by atoms with Gasteiger partial charge in [0.2, 0.25) is 0 Å². The van der Waals surface area contributed by atoms with Crippen LogP contribution in [0.5, 0.6) is 5.75 Å². The van der Waals surface area contributed by atoms with E-state index in [0.29, 0.717) is 13.2 Å². The summed E-state index contributed by atoms with van der Waals surface area (Å²) in [5, 5.41) is 12.9. The highest BCUT2D eigenvalue weighted by Gasteiger charge is 2.04. The quantitative estimate of drug-likeness (QED) is 0.505. The van der Waals surface area contributed by atoms with Crippen LogP contribution in [0.3, 0.4) is 0 Å². The second-order valence-electron chi connectivity index (χ2n) is 3.99. The average Bonchev–Trinajstić information content (AvgIpc) is 2.42. The van der Waals surface area contributed by atoms with Crippen molar-refractivity contribution in [2.75, 3.05) is 31.2 Å². The largest absolute Gasteiger partial charge is 0.491 e. The molecule has 19 heavy (non-hydrogen) atoms. The van der Waals surface area contributed by atoms with Gasteiger partial charge < -0.3 is 15.2 Å². The van der Waals surface area contributed by atoms with Gasteiger partial charge in [-0.05, 0) is 24.3 Å². The van der Waals surface area contributed by atoms with Gasteiger partial charge in [0.1, 0.15) is 18.5 Å². The highest BCUT2D eigenvalue weighted by molar-refractivity contribution is 9.10. The molecule has 0 saturated heterocycles. The first kappa shape index (κ1) is 16.6. The zero-order valence-corrected chi connectivity index (χ0v) is 13.3. The van der Waals surface area contributed by atoms with Crippen molar-refractivity contribution in [3.63, 3.8) is 0 Å². The molecule has 1 atom stereocenters. The number of hydrogen-bond donors (Lipinski definition) is 2. The van der Waals surface area contributed by atoms with Gasteiger partial charge in [-0.1, -0.05) is 22.0 Å². The molecule has 3 nitrogen and oxygen atoms in total. The van der Waals surface area contributed by atoms with E-state index in [1.165, 1.54) is 0 Å². The molecule has 0 amide bonds. The van der Waals surface area contributed by atoms with Crippen LogP contribution in [0, 0.1) is 0 Å². The van der Waals surface area contributed by atoms with E-state index in [1.807, 2.05) is 42.1 Å². The Balaban J connectivity index is 2.06. The maximum absolute atomic E-state index is 9.75. The molecule has 5 heteroatoms. The van der Waals surface area contributed by atoms with E-state index in [0.717, 1.165) is 28.3 Å². The summed E-state index contributed by atoms with van der Waals surface area (Å²) >= 11 is 5.18. The van der Waals surface area contributed by atoms with E-state index >= 15 is 0 Å². The first-order valence-electron chi connectivity index (χ1n) is 6.18. The van der Waals surface area contributed by atoms with Crippen LogP contribution >= 0.6 is 27.7 Å². The smallest absolute Gasteiger partial charge is 0.119 e. The van der Waals surface area contributed by atoms with Gasteiger partial charge in [0.15, 0.2) is 0 Å². The highest BCUT2D eigenvalue weighted by atomic mass is 79.9. The van der Waals surface area contributed by atoms with Gasteiger partial charge in [-0.3, -0.25) is 0 Å². The predicted octanol–water partition coefficient (Wildman–Crippen LogP) is 2.70. The van der Waals surface area contributed by atoms with E-state index in [2.05, 4.69) is 27.8 Å². The molecule has 0 aliphatic heterocycles. The van der Waals surface area contributed by atoms with E-state index < -0.39 is 6.10 Å². The fourth-order valence-corrected chi connectivity index (χ4v) is 2.25. The Kier molecular flexibility index (Phi) is 8.99. The number of hydrogen-bond acceptors (Lipinski definition) is 4. The lowest BCUT2D eigenvalue weighted by atomic mass is 10.3. The first-order chi connectivity index (χ1) is 9.22. The van der Waals surface area contributed by atoms with Gasteiger partial charge in [0, 0.05) is 29.1 Å². The van der Waals surface area contributed by atoms with Crippen LogP contribution in [0.4, 0.5) is 0 Å². The third kappa shape index (κ3) is 8.31. The molecule has 1 aromatic rings. The van der Waals surface area contributed by atoms with Crippen molar-refractivity contribution in [3.8, 4) is 5.75 Å². The lowest BCUT2D eigenvalue weighted by Crippen LogP contribution is -2.32. The number of benzene rings is 1. The van der Waals surface area contributed by atoms with Crippen molar-refractivity contribution < 1.29 is 9.84 Å². The van der Waals surface area contributed by atoms with Gasteiger partial charge in [-0.25, -0.2) is 0 Å². The maximum atomic E-state index is 9.75. The van der Waals surface area contributed by atoms with E-state index in [4.69, 9.17) is 4.74 Å². The molecular weight excluding hydrogens is 326 g/mol. The molecule has 1 aromatic carbocycles.